The van der Waals surface area contributed by atoms with Crippen LogP contribution in [-0.2, 0) is 6.42 Å². The zero-order valence-electron chi connectivity index (χ0n) is 21.2. The molecule has 1 aliphatic rings. The van der Waals surface area contributed by atoms with Crippen LogP contribution in [0.15, 0.2) is 18.5 Å². The fourth-order valence-electron chi connectivity index (χ4n) is 4.75. The van der Waals surface area contributed by atoms with E-state index < -0.39 is 0 Å². The number of nitrogens with zero attached hydrogens (tertiary/aromatic N) is 7. The van der Waals surface area contributed by atoms with Gasteiger partial charge in [-0.25, -0.2) is 14.5 Å². The van der Waals surface area contributed by atoms with Crippen LogP contribution in [0.1, 0.15) is 62.8 Å². The molecule has 0 aromatic carbocycles. The molecule has 3 aromatic heterocycles. The first kappa shape index (κ1) is 24.2. The Hall–Kier alpha value is -2.94. The molecule has 0 aliphatic carbocycles. The normalized spacial score (nSPS) is 15.9. The van der Waals surface area contributed by atoms with Crippen LogP contribution in [0.4, 0.5) is 11.6 Å². The second kappa shape index (κ2) is 10.5. The molecule has 3 aromatic rings. The highest BCUT2D eigenvalue weighted by Gasteiger charge is 2.22. The number of nitrogen functional groups attached to an aromatic ring is 1. The lowest BCUT2D eigenvalue weighted by atomic mass is 10.0. The summed E-state index contributed by atoms with van der Waals surface area (Å²) in [5.41, 5.74) is 9.91. The summed E-state index contributed by atoms with van der Waals surface area (Å²) in [6.45, 7) is 8.47. The van der Waals surface area contributed by atoms with Crippen LogP contribution in [-0.4, -0.2) is 68.8 Å². The Kier molecular flexibility index (Phi) is 7.50. The molecule has 2 N–H and O–H groups in total. The highest BCUT2D eigenvalue weighted by atomic mass is 16.5. The number of fused-ring (bicyclic) bond motifs is 1. The summed E-state index contributed by atoms with van der Waals surface area (Å²) in [5.74, 6) is 1.42. The van der Waals surface area contributed by atoms with E-state index in [9.17, 15) is 0 Å². The number of aromatic nitrogens is 5. The lowest BCUT2D eigenvalue weighted by molar-refractivity contribution is 0.167. The lowest BCUT2D eigenvalue weighted by Gasteiger charge is -2.36. The standard InChI is InChI=1S/C25H38N8O/c1-6-8-21(7-2)34-25-29-22(26)24-28-19(16-33(24)30-25)14-18-13-17(3)23(27-15-18)32-11-9-20(10-12-32)31(4)5/h13,15-16,20-21H,6-12,14H2,1-5H3,(H2,26,29,30). The Balaban J connectivity index is 1.47. The summed E-state index contributed by atoms with van der Waals surface area (Å²) in [4.78, 5) is 18.5. The van der Waals surface area contributed by atoms with Crippen LogP contribution in [0.2, 0.25) is 0 Å². The number of piperidine rings is 1. The first-order valence-corrected chi connectivity index (χ1v) is 12.4. The molecule has 1 fully saturated rings. The van der Waals surface area contributed by atoms with E-state index >= 15 is 0 Å². The molecule has 0 radical (unpaired) electrons. The Morgan fingerprint density at radius 3 is 2.62 bits per heavy atom. The first-order valence-electron chi connectivity index (χ1n) is 12.4. The molecule has 4 heterocycles. The van der Waals surface area contributed by atoms with Crippen molar-refractivity contribution in [3.63, 3.8) is 0 Å². The molecular weight excluding hydrogens is 428 g/mol. The zero-order valence-corrected chi connectivity index (χ0v) is 21.2. The van der Waals surface area contributed by atoms with Gasteiger partial charge in [-0.3, -0.25) is 0 Å². The van der Waals surface area contributed by atoms with Gasteiger partial charge in [-0.05, 0) is 57.8 Å². The molecule has 9 heteroatoms. The van der Waals surface area contributed by atoms with Crippen LogP contribution in [0.25, 0.3) is 5.65 Å². The summed E-state index contributed by atoms with van der Waals surface area (Å²) >= 11 is 0. The minimum Gasteiger partial charge on any atom is -0.459 e. The predicted octanol–water partition coefficient (Wildman–Crippen LogP) is 3.49. The number of pyridine rings is 1. The van der Waals surface area contributed by atoms with E-state index in [1.807, 2.05) is 12.4 Å². The number of anilines is 2. The molecule has 4 rings (SSSR count). The number of rotatable bonds is 9. The van der Waals surface area contributed by atoms with Gasteiger partial charge in [0, 0.05) is 31.7 Å². The molecule has 0 saturated carbocycles. The Labute approximate surface area is 202 Å². The average Bonchev–Trinajstić information content (AvgIpc) is 3.22. The molecule has 1 atom stereocenters. The second-order valence-corrected chi connectivity index (χ2v) is 9.56. The molecule has 0 bridgehead atoms. The van der Waals surface area contributed by atoms with E-state index in [2.05, 4.69) is 65.8 Å². The third-order valence-corrected chi connectivity index (χ3v) is 6.70. The summed E-state index contributed by atoms with van der Waals surface area (Å²) in [7, 11) is 4.33. The highest BCUT2D eigenvalue weighted by Crippen LogP contribution is 2.25. The highest BCUT2D eigenvalue weighted by molar-refractivity contribution is 5.59. The molecule has 9 nitrogen and oxygen atoms in total. The van der Waals surface area contributed by atoms with Gasteiger partial charge in [0.1, 0.15) is 11.9 Å². The van der Waals surface area contributed by atoms with E-state index in [1.165, 1.54) is 18.4 Å². The van der Waals surface area contributed by atoms with Crippen molar-refractivity contribution in [2.75, 3.05) is 37.8 Å². The van der Waals surface area contributed by atoms with Gasteiger partial charge in [0.05, 0.1) is 11.9 Å². The van der Waals surface area contributed by atoms with Crippen LogP contribution in [0.5, 0.6) is 6.01 Å². The zero-order chi connectivity index (χ0) is 24.2. The largest absolute Gasteiger partial charge is 0.459 e. The lowest BCUT2D eigenvalue weighted by Crippen LogP contribution is -2.42. The van der Waals surface area contributed by atoms with Crippen molar-refractivity contribution >= 4 is 17.3 Å². The summed E-state index contributed by atoms with van der Waals surface area (Å²) in [6, 6.07) is 3.17. The minimum absolute atomic E-state index is 0.0890. The van der Waals surface area contributed by atoms with Crippen LogP contribution >= 0.6 is 0 Å². The van der Waals surface area contributed by atoms with Gasteiger partial charge in [0.2, 0.25) is 0 Å². The topological polar surface area (TPSA) is 97.7 Å². The molecule has 34 heavy (non-hydrogen) atoms. The molecule has 1 aliphatic heterocycles. The number of imidazole rings is 1. The number of aryl methyl sites for hydroxylation is 1. The van der Waals surface area contributed by atoms with Gasteiger partial charge in [-0.2, -0.15) is 4.98 Å². The summed E-state index contributed by atoms with van der Waals surface area (Å²) in [5, 5.41) is 4.49. The number of hydrogen-bond donors (Lipinski definition) is 1. The van der Waals surface area contributed by atoms with E-state index in [4.69, 9.17) is 15.5 Å². The van der Waals surface area contributed by atoms with Gasteiger partial charge in [0.25, 0.3) is 0 Å². The maximum atomic E-state index is 6.17. The number of nitrogens with two attached hydrogens (primary N) is 1. The number of hydrogen-bond acceptors (Lipinski definition) is 8. The molecule has 0 amide bonds. The first-order chi connectivity index (χ1) is 16.4. The van der Waals surface area contributed by atoms with Crippen LogP contribution in [0.3, 0.4) is 0 Å². The predicted molar refractivity (Wildman–Crippen MR) is 136 cm³/mol. The fraction of sp³-hybridized carbons (Fsp3) is 0.600. The van der Waals surface area contributed by atoms with Crippen molar-refractivity contribution in [2.24, 2.45) is 0 Å². The van der Waals surface area contributed by atoms with Crippen LogP contribution < -0.4 is 15.4 Å². The second-order valence-electron chi connectivity index (χ2n) is 9.56. The summed E-state index contributed by atoms with van der Waals surface area (Å²) < 4.78 is 7.63. The Morgan fingerprint density at radius 2 is 1.97 bits per heavy atom. The molecule has 0 spiro atoms. The summed E-state index contributed by atoms with van der Waals surface area (Å²) in [6.07, 6.45) is 9.86. The van der Waals surface area contributed by atoms with Gasteiger partial charge in [-0.15, -0.1) is 5.10 Å². The van der Waals surface area contributed by atoms with Crippen molar-refractivity contribution in [3.05, 3.63) is 35.3 Å². The van der Waals surface area contributed by atoms with Crippen LogP contribution in [0, 0.1) is 6.92 Å². The average molecular weight is 467 g/mol. The van der Waals surface area contributed by atoms with Gasteiger partial charge >= 0.3 is 6.01 Å². The van der Waals surface area contributed by atoms with Crippen molar-refractivity contribution in [1.29, 1.82) is 0 Å². The molecule has 1 unspecified atom stereocenters. The Bertz CT molecular complexity index is 1100. The maximum Gasteiger partial charge on any atom is 0.336 e. The van der Waals surface area contributed by atoms with E-state index in [0.717, 1.165) is 49.4 Å². The monoisotopic (exact) mass is 466 g/mol. The van der Waals surface area contributed by atoms with E-state index in [1.54, 1.807) is 4.52 Å². The van der Waals surface area contributed by atoms with E-state index in [0.29, 0.717) is 29.9 Å². The van der Waals surface area contributed by atoms with Crippen molar-refractivity contribution in [1.82, 2.24) is 29.5 Å². The molecule has 184 valence electrons. The van der Waals surface area contributed by atoms with Crippen molar-refractivity contribution in [3.8, 4) is 6.01 Å². The van der Waals surface area contributed by atoms with Crippen molar-refractivity contribution in [2.45, 2.75) is 71.4 Å². The minimum atomic E-state index is 0.0890. The van der Waals surface area contributed by atoms with E-state index in [-0.39, 0.29) is 6.10 Å². The van der Waals surface area contributed by atoms with Crippen molar-refractivity contribution < 1.29 is 4.74 Å². The third kappa shape index (κ3) is 5.41. The molecule has 1 saturated heterocycles. The SMILES string of the molecule is CCCC(CC)Oc1nc(N)c2nc(Cc3cnc(N4CCC(N(C)C)CC4)c(C)c3)cn2n1. The Morgan fingerprint density at radius 1 is 1.21 bits per heavy atom. The smallest absolute Gasteiger partial charge is 0.336 e. The maximum absolute atomic E-state index is 6.17. The molecular formula is C25H38N8O. The van der Waals surface area contributed by atoms with Gasteiger partial charge < -0.3 is 20.3 Å². The quantitative estimate of drug-likeness (QED) is 0.512. The number of ether oxygens (including phenoxy) is 1. The fourth-order valence-corrected chi connectivity index (χ4v) is 4.75. The third-order valence-electron chi connectivity index (χ3n) is 6.70. The van der Waals surface area contributed by atoms with Gasteiger partial charge in [0.15, 0.2) is 11.5 Å². The van der Waals surface area contributed by atoms with Gasteiger partial charge in [-0.1, -0.05) is 26.3 Å².